The molecule has 24 heavy (non-hydrogen) atoms. The number of nitro benzene ring substituents is 2. The second-order valence-electron chi connectivity index (χ2n) is 5.25. The summed E-state index contributed by atoms with van der Waals surface area (Å²) in [5, 5.41) is 23.3. The summed E-state index contributed by atoms with van der Waals surface area (Å²) in [5.41, 5.74) is -0.104. The van der Waals surface area contributed by atoms with Crippen LogP contribution >= 0.6 is 15.9 Å². The molecule has 0 N–H and O–H groups in total. The van der Waals surface area contributed by atoms with Gasteiger partial charge >= 0.3 is 0 Å². The molecule has 0 aliphatic carbocycles. The molecule has 1 aromatic rings. The Morgan fingerprint density at radius 3 is 2.17 bits per heavy atom. The highest BCUT2D eigenvalue weighted by Crippen LogP contribution is 2.39. The van der Waals surface area contributed by atoms with Crippen LogP contribution in [0.2, 0.25) is 0 Å². The minimum atomic E-state index is -0.590. The van der Waals surface area contributed by atoms with E-state index < -0.39 is 16.1 Å². The first-order valence-corrected chi connectivity index (χ1v) is 8.59. The lowest BCUT2D eigenvalue weighted by atomic mass is 10.1. The monoisotopic (exact) mass is 403 g/mol. The van der Waals surface area contributed by atoms with Gasteiger partial charge in [0.1, 0.15) is 0 Å². The number of hydrogen-bond acceptors (Lipinski definition) is 7. The van der Waals surface area contributed by atoms with Crippen LogP contribution in [0.1, 0.15) is 18.9 Å². The second kappa shape index (κ2) is 8.36. The predicted molar refractivity (Wildman–Crippen MR) is 90.6 cm³/mol. The Morgan fingerprint density at radius 1 is 1.21 bits per heavy atom. The topological polar surface area (TPSA) is 108 Å². The fourth-order valence-corrected chi connectivity index (χ4v) is 2.92. The first kappa shape index (κ1) is 18.6. The zero-order valence-electron chi connectivity index (χ0n) is 13.1. The van der Waals surface area contributed by atoms with Crippen LogP contribution in [0, 0.1) is 20.2 Å². The highest BCUT2D eigenvalue weighted by Gasteiger charge is 2.32. The third-order valence-corrected chi connectivity index (χ3v) is 4.19. The first-order valence-electron chi connectivity index (χ1n) is 7.47. The summed E-state index contributed by atoms with van der Waals surface area (Å²) in [7, 11) is 0. The maximum atomic E-state index is 11.5. The Balaban J connectivity index is 2.52. The van der Waals surface area contributed by atoms with E-state index in [2.05, 4.69) is 15.9 Å². The highest BCUT2D eigenvalue weighted by atomic mass is 79.9. The third kappa shape index (κ3) is 4.19. The van der Waals surface area contributed by atoms with Gasteiger partial charge in [0, 0.05) is 24.0 Å². The van der Waals surface area contributed by atoms with E-state index in [0.717, 1.165) is 0 Å². The Morgan fingerprint density at radius 2 is 1.75 bits per heavy atom. The quantitative estimate of drug-likeness (QED) is 0.372. The molecule has 0 radical (unpaired) electrons. The highest BCUT2D eigenvalue weighted by molar-refractivity contribution is 9.08. The minimum absolute atomic E-state index is 0.00403. The number of alkyl halides is 1. The number of halogens is 1. The Bertz CT molecular complexity index is 586. The van der Waals surface area contributed by atoms with Crippen molar-refractivity contribution in [3.63, 3.8) is 0 Å². The van der Waals surface area contributed by atoms with Crippen LogP contribution < -0.4 is 4.90 Å². The van der Waals surface area contributed by atoms with Gasteiger partial charge in [-0.15, -0.1) is 0 Å². The summed E-state index contributed by atoms with van der Waals surface area (Å²) >= 11 is 3.19. The van der Waals surface area contributed by atoms with Crippen LogP contribution in [0.25, 0.3) is 0 Å². The van der Waals surface area contributed by atoms with Gasteiger partial charge < -0.3 is 14.4 Å². The van der Waals surface area contributed by atoms with Gasteiger partial charge in [-0.25, -0.2) is 0 Å². The summed E-state index contributed by atoms with van der Waals surface area (Å²) < 4.78 is 10.8. The van der Waals surface area contributed by atoms with E-state index in [1.165, 1.54) is 12.1 Å². The molecule has 0 amide bonds. The Labute approximate surface area is 147 Å². The van der Waals surface area contributed by atoms with Gasteiger partial charge in [0.2, 0.25) is 0 Å². The van der Waals surface area contributed by atoms with Crippen molar-refractivity contribution in [3.05, 3.63) is 37.9 Å². The molecule has 10 heteroatoms. The molecule has 0 atom stereocenters. The van der Waals surface area contributed by atoms with E-state index >= 15 is 0 Å². The van der Waals surface area contributed by atoms with Crippen molar-refractivity contribution in [2.24, 2.45) is 0 Å². The fraction of sp³-hybridized carbons (Fsp3) is 0.571. The lowest BCUT2D eigenvalue weighted by molar-refractivity contribution is -0.392. The molecule has 0 spiro atoms. The van der Waals surface area contributed by atoms with Crippen LogP contribution in [-0.2, 0) is 14.8 Å². The number of rotatable bonds is 8. The van der Waals surface area contributed by atoms with Gasteiger partial charge in [-0.1, -0.05) is 22.9 Å². The molecule has 1 aliphatic rings. The zero-order chi connectivity index (χ0) is 17.7. The van der Waals surface area contributed by atoms with Gasteiger partial charge in [0.05, 0.1) is 29.6 Å². The maximum absolute atomic E-state index is 11.5. The molecule has 1 saturated heterocycles. The molecular weight excluding hydrogens is 386 g/mol. The largest absolute Gasteiger partial charge is 0.355 e. The van der Waals surface area contributed by atoms with Gasteiger partial charge in [-0.3, -0.25) is 20.2 Å². The van der Waals surface area contributed by atoms with E-state index in [1.807, 2.05) is 6.92 Å². The molecular formula is C14H18BrN3O6. The van der Waals surface area contributed by atoms with Gasteiger partial charge in [0.25, 0.3) is 11.4 Å². The Kier molecular flexibility index (Phi) is 6.46. The van der Waals surface area contributed by atoms with Crippen LogP contribution in [0.15, 0.2) is 12.1 Å². The molecule has 0 unspecified atom stereocenters. The van der Waals surface area contributed by atoms with Crippen molar-refractivity contribution in [1.29, 1.82) is 0 Å². The van der Waals surface area contributed by atoms with Gasteiger partial charge in [-0.05, 0) is 12.0 Å². The van der Waals surface area contributed by atoms with Crippen molar-refractivity contribution < 1.29 is 19.3 Å². The van der Waals surface area contributed by atoms with Crippen molar-refractivity contribution >= 4 is 33.0 Å². The van der Waals surface area contributed by atoms with Crippen LogP contribution in [0.5, 0.6) is 0 Å². The van der Waals surface area contributed by atoms with Crippen molar-refractivity contribution in [2.75, 3.05) is 31.2 Å². The molecule has 0 saturated carbocycles. The Hall–Kier alpha value is -1.78. The zero-order valence-corrected chi connectivity index (χ0v) is 14.7. The molecule has 2 rings (SSSR count). The summed E-state index contributed by atoms with van der Waals surface area (Å²) in [6, 6.07) is 2.71. The normalized spacial score (nSPS) is 14.8. The molecule has 0 bridgehead atoms. The fourth-order valence-electron chi connectivity index (χ4n) is 2.60. The number of anilines is 1. The van der Waals surface area contributed by atoms with Crippen molar-refractivity contribution in [3.8, 4) is 0 Å². The number of nitrogens with zero attached hydrogens (tertiary/aromatic N) is 3. The molecule has 132 valence electrons. The SMILES string of the molecule is CCCN(CC1OCCO1)c1c([N+](=O)[O-])cc(CBr)cc1[N+](=O)[O-]. The average Bonchev–Trinajstić information content (AvgIpc) is 3.06. The van der Waals surface area contributed by atoms with E-state index in [-0.39, 0.29) is 28.9 Å². The van der Waals surface area contributed by atoms with Gasteiger partial charge in [0.15, 0.2) is 12.0 Å². The predicted octanol–water partition coefficient (Wildman–Crippen LogP) is 2.99. The van der Waals surface area contributed by atoms with Crippen LogP contribution in [0.3, 0.4) is 0 Å². The molecule has 1 aliphatic heterocycles. The smallest absolute Gasteiger partial charge is 0.299 e. The minimum Gasteiger partial charge on any atom is -0.355 e. The van der Waals surface area contributed by atoms with E-state index in [1.54, 1.807) is 4.90 Å². The van der Waals surface area contributed by atoms with E-state index in [9.17, 15) is 20.2 Å². The second-order valence-corrected chi connectivity index (χ2v) is 5.81. The molecule has 9 nitrogen and oxygen atoms in total. The third-order valence-electron chi connectivity index (χ3n) is 3.55. The van der Waals surface area contributed by atoms with Crippen molar-refractivity contribution in [1.82, 2.24) is 0 Å². The molecule has 0 aromatic heterocycles. The number of hydrogen-bond donors (Lipinski definition) is 0. The van der Waals surface area contributed by atoms with Gasteiger partial charge in [-0.2, -0.15) is 0 Å². The number of benzene rings is 1. The first-order chi connectivity index (χ1) is 11.5. The standard InChI is InChI=1S/C14H18BrN3O6/c1-2-3-16(9-13-23-4-5-24-13)14-11(17(19)20)6-10(8-15)7-12(14)18(21)22/h6-7,13H,2-5,8-9H2,1H3. The molecule has 1 aromatic carbocycles. The van der Waals surface area contributed by atoms with Crippen LogP contribution in [-0.4, -0.2) is 42.4 Å². The average molecular weight is 404 g/mol. The summed E-state index contributed by atoms with van der Waals surface area (Å²) in [6.07, 6.45) is 0.118. The van der Waals surface area contributed by atoms with E-state index in [0.29, 0.717) is 31.7 Å². The van der Waals surface area contributed by atoms with E-state index in [4.69, 9.17) is 9.47 Å². The summed E-state index contributed by atoms with van der Waals surface area (Å²) in [6.45, 7) is 3.39. The summed E-state index contributed by atoms with van der Waals surface area (Å²) in [5.74, 6) is 0. The lowest BCUT2D eigenvalue weighted by Crippen LogP contribution is -2.34. The molecule has 1 heterocycles. The number of nitro groups is 2. The summed E-state index contributed by atoms with van der Waals surface area (Å²) in [4.78, 5) is 23.4. The lowest BCUT2D eigenvalue weighted by Gasteiger charge is -2.26. The maximum Gasteiger partial charge on any atom is 0.299 e. The van der Waals surface area contributed by atoms with Crippen molar-refractivity contribution in [2.45, 2.75) is 25.0 Å². The number of ether oxygens (including phenoxy) is 2. The molecule has 1 fully saturated rings. The van der Waals surface area contributed by atoms with Crippen LogP contribution in [0.4, 0.5) is 17.1 Å².